The summed E-state index contributed by atoms with van der Waals surface area (Å²) in [5.41, 5.74) is 5.86. The summed E-state index contributed by atoms with van der Waals surface area (Å²) in [6, 6.07) is 2.96. The second-order valence-electron chi connectivity index (χ2n) is 5.27. The average molecular weight is 429 g/mol. The van der Waals surface area contributed by atoms with E-state index in [9.17, 15) is 13.2 Å². The van der Waals surface area contributed by atoms with E-state index in [4.69, 9.17) is 10.9 Å². The van der Waals surface area contributed by atoms with Crippen molar-refractivity contribution in [2.75, 3.05) is 6.54 Å². The third-order valence-electron chi connectivity index (χ3n) is 4.00. The zero-order valence-electron chi connectivity index (χ0n) is 13.3. The van der Waals surface area contributed by atoms with E-state index in [-0.39, 0.29) is 28.8 Å². The van der Waals surface area contributed by atoms with Gasteiger partial charge in [-0.25, -0.2) is 13.6 Å². The summed E-state index contributed by atoms with van der Waals surface area (Å²) in [4.78, 5) is 12.5. The maximum Gasteiger partial charge on any atom is 0.252 e. The number of primary sulfonamides is 1. The Labute approximate surface area is 152 Å². The average Bonchev–Trinajstić information content (AvgIpc) is 2.45. The molecule has 1 amide bonds. The monoisotopic (exact) mass is 427 g/mol. The number of carbonyl (C=O) groups is 1. The SMILES string of the molecule is CCC(CC)(CN)NC(=O)c1cc(Br)cc(S(N)(=O)=O)c1C.Cl. The van der Waals surface area contributed by atoms with Gasteiger partial charge in [0.25, 0.3) is 5.91 Å². The minimum Gasteiger partial charge on any atom is -0.345 e. The Morgan fingerprint density at radius 1 is 1.30 bits per heavy atom. The summed E-state index contributed by atoms with van der Waals surface area (Å²) in [6.45, 7) is 5.75. The van der Waals surface area contributed by atoms with Crippen LogP contribution in [0.4, 0.5) is 0 Å². The van der Waals surface area contributed by atoms with Gasteiger partial charge in [0, 0.05) is 16.6 Å². The number of carbonyl (C=O) groups excluding carboxylic acids is 1. The lowest BCUT2D eigenvalue weighted by Crippen LogP contribution is -2.53. The molecule has 0 heterocycles. The van der Waals surface area contributed by atoms with Gasteiger partial charge in [-0.15, -0.1) is 12.4 Å². The van der Waals surface area contributed by atoms with Crippen molar-refractivity contribution in [3.8, 4) is 0 Å². The van der Waals surface area contributed by atoms with Gasteiger partial charge < -0.3 is 11.1 Å². The summed E-state index contributed by atoms with van der Waals surface area (Å²) in [5.74, 6) is -0.363. The quantitative estimate of drug-likeness (QED) is 0.643. The number of hydrogen-bond donors (Lipinski definition) is 3. The van der Waals surface area contributed by atoms with E-state index >= 15 is 0 Å². The molecule has 0 aliphatic rings. The molecule has 0 bridgehead atoms. The molecule has 1 aromatic carbocycles. The van der Waals surface area contributed by atoms with E-state index in [1.165, 1.54) is 6.07 Å². The van der Waals surface area contributed by atoms with E-state index in [0.717, 1.165) is 0 Å². The molecule has 0 saturated carbocycles. The van der Waals surface area contributed by atoms with Gasteiger partial charge in [0.05, 0.1) is 10.4 Å². The molecule has 23 heavy (non-hydrogen) atoms. The van der Waals surface area contributed by atoms with Gasteiger partial charge in [0.2, 0.25) is 10.0 Å². The Morgan fingerprint density at radius 2 is 1.83 bits per heavy atom. The predicted molar refractivity (Wildman–Crippen MR) is 97.3 cm³/mol. The highest BCUT2D eigenvalue weighted by molar-refractivity contribution is 9.10. The molecular formula is C14H23BrClN3O3S. The zero-order chi connectivity index (χ0) is 17.1. The molecule has 1 aromatic rings. The molecule has 9 heteroatoms. The van der Waals surface area contributed by atoms with Crippen LogP contribution in [-0.4, -0.2) is 26.4 Å². The van der Waals surface area contributed by atoms with Crippen molar-refractivity contribution in [1.29, 1.82) is 0 Å². The van der Waals surface area contributed by atoms with Crippen LogP contribution in [0.15, 0.2) is 21.5 Å². The molecular weight excluding hydrogens is 406 g/mol. The Kier molecular flexibility index (Phi) is 8.19. The van der Waals surface area contributed by atoms with E-state index in [2.05, 4.69) is 21.2 Å². The van der Waals surface area contributed by atoms with Crippen LogP contribution >= 0.6 is 28.3 Å². The normalized spacial score (nSPS) is 11.7. The molecule has 0 aliphatic heterocycles. The van der Waals surface area contributed by atoms with Crippen LogP contribution in [0.3, 0.4) is 0 Å². The summed E-state index contributed by atoms with van der Waals surface area (Å²) in [5, 5.41) is 8.12. The van der Waals surface area contributed by atoms with Crippen molar-refractivity contribution in [1.82, 2.24) is 5.32 Å². The molecule has 5 N–H and O–H groups in total. The van der Waals surface area contributed by atoms with E-state index in [0.29, 0.717) is 29.4 Å². The molecule has 0 unspecified atom stereocenters. The van der Waals surface area contributed by atoms with E-state index < -0.39 is 15.6 Å². The second kappa shape index (κ2) is 8.43. The van der Waals surface area contributed by atoms with Gasteiger partial charge in [0.15, 0.2) is 0 Å². The first kappa shape index (κ1) is 22.3. The third-order valence-corrected chi connectivity index (χ3v) is 5.49. The van der Waals surface area contributed by atoms with E-state index in [1.54, 1.807) is 13.0 Å². The minimum absolute atomic E-state index is 0. The van der Waals surface area contributed by atoms with Crippen LogP contribution in [0, 0.1) is 6.92 Å². The number of nitrogens with one attached hydrogen (secondary N) is 1. The first-order valence-corrected chi connectivity index (χ1v) is 9.29. The van der Waals surface area contributed by atoms with Crippen molar-refractivity contribution in [2.45, 2.75) is 44.0 Å². The van der Waals surface area contributed by atoms with Crippen molar-refractivity contribution >= 4 is 44.3 Å². The highest BCUT2D eigenvalue weighted by Crippen LogP contribution is 2.25. The van der Waals surface area contributed by atoms with Crippen LogP contribution in [-0.2, 0) is 10.0 Å². The van der Waals surface area contributed by atoms with Crippen molar-refractivity contribution < 1.29 is 13.2 Å². The number of sulfonamides is 1. The number of hydrogen-bond acceptors (Lipinski definition) is 4. The number of halogens is 2. The van der Waals surface area contributed by atoms with Gasteiger partial charge >= 0.3 is 0 Å². The Hall–Kier alpha value is -0.670. The fourth-order valence-electron chi connectivity index (χ4n) is 2.26. The zero-order valence-corrected chi connectivity index (χ0v) is 16.6. The topological polar surface area (TPSA) is 115 Å². The Balaban J connectivity index is 0.00000484. The van der Waals surface area contributed by atoms with Crippen LogP contribution < -0.4 is 16.2 Å². The van der Waals surface area contributed by atoms with Crippen LogP contribution in [0.2, 0.25) is 0 Å². The molecule has 0 aromatic heterocycles. The number of benzene rings is 1. The maximum absolute atomic E-state index is 12.6. The van der Waals surface area contributed by atoms with Crippen LogP contribution in [0.25, 0.3) is 0 Å². The van der Waals surface area contributed by atoms with Crippen LogP contribution in [0.1, 0.15) is 42.6 Å². The summed E-state index contributed by atoms with van der Waals surface area (Å²) in [6.07, 6.45) is 1.36. The highest BCUT2D eigenvalue weighted by Gasteiger charge is 2.28. The minimum atomic E-state index is -3.91. The number of rotatable bonds is 6. The van der Waals surface area contributed by atoms with Crippen molar-refractivity contribution in [3.63, 3.8) is 0 Å². The van der Waals surface area contributed by atoms with E-state index in [1.807, 2.05) is 13.8 Å². The lowest BCUT2D eigenvalue weighted by Gasteiger charge is -2.31. The lowest BCUT2D eigenvalue weighted by atomic mass is 9.92. The molecule has 1 rings (SSSR count). The van der Waals surface area contributed by atoms with Crippen molar-refractivity contribution in [2.24, 2.45) is 10.9 Å². The lowest BCUT2D eigenvalue weighted by molar-refractivity contribution is 0.0894. The molecule has 0 saturated heterocycles. The standard InChI is InChI=1S/C14H22BrN3O3S.ClH/c1-4-14(5-2,8-16)18-13(19)11-6-10(15)7-12(9(11)3)22(17,20)21;/h6-7H,4-5,8,16H2,1-3H3,(H,18,19)(H2,17,20,21);1H. The molecule has 0 aliphatic carbocycles. The van der Waals surface area contributed by atoms with Gasteiger partial charge in [0.1, 0.15) is 0 Å². The fraction of sp³-hybridized carbons (Fsp3) is 0.500. The number of nitrogens with two attached hydrogens (primary N) is 2. The molecule has 6 nitrogen and oxygen atoms in total. The Morgan fingerprint density at radius 3 is 2.22 bits per heavy atom. The Bertz CT molecular complexity index is 668. The number of amides is 1. The molecule has 0 radical (unpaired) electrons. The third kappa shape index (κ3) is 5.15. The molecule has 132 valence electrons. The van der Waals surface area contributed by atoms with Gasteiger partial charge in [-0.1, -0.05) is 29.8 Å². The maximum atomic E-state index is 12.6. The molecule has 0 fully saturated rings. The van der Waals surface area contributed by atoms with Gasteiger partial charge in [-0.2, -0.15) is 0 Å². The first-order chi connectivity index (χ1) is 10.1. The summed E-state index contributed by atoms with van der Waals surface area (Å²) < 4.78 is 23.8. The summed E-state index contributed by atoms with van der Waals surface area (Å²) >= 11 is 3.21. The van der Waals surface area contributed by atoms with Crippen LogP contribution in [0.5, 0.6) is 0 Å². The van der Waals surface area contributed by atoms with Crippen molar-refractivity contribution in [3.05, 3.63) is 27.7 Å². The van der Waals surface area contributed by atoms with Gasteiger partial charge in [-0.3, -0.25) is 4.79 Å². The smallest absolute Gasteiger partial charge is 0.252 e. The summed E-state index contributed by atoms with van der Waals surface area (Å²) in [7, 11) is -3.91. The second-order valence-corrected chi connectivity index (χ2v) is 7.71. The first-order valence-electron chi connectivity index (χ1n) is 6.95. The molecule has 0 atom stereocenters. The van der Waals surface area contributed by atoms with Gasteiger partial charge in [-0.05, 0) is 37.5 Å². The largest absolute Gasteiger partial charge is 0.345 e. The fourth-order valence-corrected chi connectivity index (χ4v) is 3.70. The predicted octanol–water partition coefficient (Wildman–Crippen LogP) is 2.07. The molecule has 0 spiro atoms. The highest BCUT2D eigenvalue weighted by atomic mass is 79.9.